The smallest absolute Gasteiger partial charge is 0.189 e. The zero-order valence-electron chi connectivity index (χ0n) is 11.4. The van der Waals surface area contributed by atoms with Crippen LogP contribution >= 0.6 is 0 Å². The van der Waals surface area contributed by atoms with Gasteiger partial charge in [0.15, 0.2) is 17.3 Å². The van der Waals surface area contributed by atoms with Crippen LogP contribution in [0.5, 0.6) is 11.5 Å². The lowest BCUT2D eigenvalue weighted by molar-refractivity contribution is 0.104. The molecule has 0 aliphatic heterocycles. The lowest BCUT2D eigenvalue weighted by Gasteiger charge is -2.12. The lowest BCUT2D eigenvalue weighted by atomic mass is 10.1. The van der Waals surface area contributed by atoms with Crippen LogP contribution in [0, 0.1) is 0 Å². The summed E-state index contributed by atoms with van der Waals surface area (Å²) in [7, 11) is 0. The largest absolute Gasteiger partial charge is 0.515 e. The Kier molecular flexibility index (Phi) is 6.50. The molecule has 104 valence electrons. The Morgan fingerprint density at radius 2 is 1.79 bits per heavy atom. The molecule has 0 aromatic heterocycles. The molecular weight excluding hydrogens is 244 g/mol. The number of carbonyl (C=O) groups is 1. The van der Waals surface area contributed by atoms with Gasteiger partial charge in [0.05, 0.1) is 19.5 Å². The maximum absolute atomic E-state index is 11.7. The molecule has 0 unspecified atom stereocenters. The van der Waals surface area contributed by atoms with Gasteiger partial charge in [-0.1, -0.05) is 13.8 Å². The molecule has 0 atom stereocenters. The van der Waals surface area contributed by atoms with E-state index in [0.717, 1.165) is 25.2 Å². The van der Waals surface area contributed by atoms with E-state index in [1.165, 1.54) is 0 Å². The van der Waals surface area contributed by atoms with Gasteiger partial charge in [0.1, 0.15) is 0 Å². The average Bonchev–Trinajstić information content (AvgIpc) is 2.43. The topological polar surface area (TPSA) is 55.8 Å². The number of ether oxygens (including phenoxy) is 2. The summed E-state index contributed by atoms with van der Waals surface area (Å²) >= 11 is 0. The van der Waals surface area contributed by atoms with E-state index < -0.39 is 0 Å². The molecule has 1 aromatic carbocycles. The first kappa shape index (κ1) is 15.1. The zero-order valence-corrected chi connectivity index (χ0v) is 11.4. The van der Waals surface area contributed by atoms with Gasteiger partial charge in [0.2, 0.25) is 0 Å². The first-order valence-corrected chi connectivity index (χ1v) is 6.47. The molecule has 0 amide bonds. The third-order valence-electron chi connectivity index (χ3n) is 2.38. The van der Waals surface area contributed by atoms with Gasteiger partial charge in [-0.2, -0.15) is 0 Å². The second kappa shape index (κ2) is 8.19. The van der Waals surface area contributed by atoms with Crippen LogP contribution < -0.4 is 9.47 Å². The number of ketones is 1. The van der Waals surface area contributed by atoms with Gasteiger partial charge in [0.25, 0.3) is 0 Å². The predicted octanol–water partition coefficient (Wildman–Crippen LogP) is 3.52. The van der Waals surface area contributed by atoms with E-state index in [1.807, 2.05) is 13.8 Å². The van der Waals surface area contributed by atoms with Crippen molar-refractivity contribution in [3.8, 4) is 11.5 Å². The summed E-state index contributed by atoms with van der Waals surface area (Å²) in [6.07, 6.45) is 3.62. The van der Waals surface area contributed by atoms with Gasteiger partial charge >= 0.3 is 0 Å². The minimum absolute atomic E-state index is 0.272. The van der Waals surface area contributed by atoms with Crippen LogP contribution in [0.2, 0.25) is 0 Å². The zero-order chi connectivity index (χ0) is 14.1. The molecule has 0 saturated carbocycles. The van der Waals surface area contributed by atoms with Crippen molar-refractivity contribution in [2.45, 2.75) is 26.7 Å². The molecule has 0 radical (unpaired) electrons. The number of allylic oxidation sites excluding steroid dienone is 1. The van der Waals surface area contributed by atoms with Gasteiger partial charge in [-0.3, -0.25) is 4.79 Å². The molecule has 1 rings (SSSR count). The molecule has 0 aliphatic carbocycles. The maximum atomic E-state index is 11.7. The first-order valence-electron chi connectivity index (χ1n) is 6.47. The third kappa shape index (κ3) is 4.66. The van der Waals surface area contributed by atoms with Crippen molar-refractivity contribution in [3.05, 3.63) is 36.1 Å². The highest BCUT2D eigenvalue weighted by atomic mass is 16.5. The van der Waals surface area contributed by atoms with Crippen molar-refractivity contribution in [2.75, 3.05) is 13.2 Å². The van der Waals surface area contributed by atoms with Crippen molar-refractivity contribution < 1.29 is 19.4 Å². The van der Waals surface area contributed by atoms with Gasteiger partial charge in [-0.25, -0.2) is 0 Å². The summed E-state index contributed by atoms with van der Waals surface area (Å²) in [6.45, 7) is 5.20. The quantitative estimate of drug-likeness (QED) is 0.443. The lowest BCUT2D eigenvalue weighted by Crippen LogP contribution is -2.03. The van der Waals surface area contributed by atoms with Gasteiger partial charge in [-0.15, -0.1) is 0 Å². The number of carbonyl (C=O) groups excluding carboxylic acids is 1. The summed E-state index contributed by atoms with van der Waals surface area (Å²) in [5, 5.41) is 8.62. The fourth-order valence-electron chi connectivity index (χ4n) is 1.48. The monoisotopic (exact) mass is 264 g/mol. The molecular formula is C15H20O4. The predicted molar refractivity (Wildman–Crippen MR) is 74.1 cm³/mol. The van der Waals surface area contributed by atoms with Gasteiger partial charge in [-0.05, 0) is 31.0 Å². The molecule has 1 aromatic rings. The Labute approximate surface area is 113 Å². The number of benzene rings is 1. The van der Waals surface area contributed by atoms with Crippen molar-refractivity contribution in [1.82, 2.24) is 0 Å². The molecule has 0 bridgehead atoms. The molecule has 0 saturated heterocycles. The van der Waals surface area contributed by atoms with Crippen LogP contribution in [0.3, 0.4) is 0 Å². The highest BCUT2D eigenvalue weighted by Gasteiger charge is 2.10. The molecule has 1 N–H and O–H groups in total. The Bertz CT molecular complexity index is 438. The maximum Gasteiger partial charge on any atom is 0.189 e. The second-order valence-electron chi connectivity index (χ2n) is 4.04. The SMILES string of the molecule is CCCOc1ccc(C(=O)C=CO)cc1OCCC. The van der Waals surface area contributed by atoms with E-state index in [4.69, 9.17) is 14.6 Å². The van der Waals surface area contributed by atoms with Crippen molar-refractivity contribution in [2.24, 2.45) is 0 Å². The Morgan fingerprint density at radius 1 is 1.16 bits per heavy atom. The highest BCUT2D eigenvalue weighted by molar-refractivity contribution is 6.04. The van der Waals surface area contributed by atoms with E-state index >= 15 is 0 Å². The standard InChI is InChI=1S/C15H20O4/c1-3-9-18-14-6-5-12(13(17)7-8-16)11-15(14)19-10-4-2/h5-8,11,16H,3-4,9-10H2,1-2H3. The first-order chi connectivity index (χ1) is 9.22. The number of hydrogen-bond acceptors (Lipinski definition) is 4. The Balaban J connectivity index is 2.96. The van der Waals surface area contributed by atoms with Crippen LogP contribution in [-0.2, 0) is 0 Å². The van der Waals surface area contributed by atoms with Crippen LogP contribution in [-0.4, -0.2) is 24.1 Å². The summed E-state index contributed by atoms with van der Waals surface area (Å²) < 4.78 is 11.2. The van der Waals surface area contributed by atoms with E-state index in [1.54, 1.807) is 18.2 Å². The third-order valence-corrected chi connectivity index (χ3v) is 2.38. The van der Waals surface area contributed by atoms with E-state index in [-0.39, 0.29) is 5.78 Å². The minimum Gasteiger partial charge on any atom is -0.515 e. The number of aliphatic hydroxyl groups excluding tert-OH is 1. The second-order valence-corrected chi connectivity index (χ2v) is 4.04. The fourth-order valence-corrected chi connectivity index (χ4v) is 1.48. The molecule has 0 aliphatic rings. The highest BCUT2D eigenvalue weighted by Crippen LogP contribution is 2.29. The minimum atomic E-state index is -0.272. The summed E-state index contributed by atoms with van der Waals surface area (Å²) in [4.78, 5) is 11.7. The molecule has 0 spiro atoms. The molecule has 0 fully saturated rings. The van der Waals surface area contributed by atoms with Gasteiger partial charge < -0.3 is 14.6 Å². The van der Waals surface area contributed by atoms with Crippen LogP contribution in [0.1, 0.15) is 37.0 Å². The molecule has 4 heteroatoms. The molecule has 4 nitrogen and oxygen atoms in total. The normalized spacial score (nSPS) is 10.6. The Hall–Kier alpha value is -1.97. The number of hydrogen-bond donors (Lipinski definition) is 1. The molecule has 19 heavy (non-hydrogen) atoms. The van der Waals surface area contributed by atoms with Crippen LogP contribution in [0.15, 0.2) is 30.5 Å². The van der Waals surface area contributed by atoms with E-state index in [2.05, 4.69) is 0 Å². The van der Waals surface area contributed by atoms with Crippen molar-refractivity contribution >= 4 is 5.78 Å². The van der Waals surface area contributed by atoms with Crippen LogP contribution in [0.4, 0.5) is 0 Å². The molecule has 0 heterocycles. The Morgan fingerprint density at radius 3 is 2.37 bits per heavy atom. The number of rotatable bonds is 8. The average molecular weight is 264 g/mol. The summed E-state index contributed by atoms with van der Waals surface area (Å²) in [5.41, 5.74) is 0.459. The number of aliphatic hydroxyl groups is 1. The van der Waals surface area contributed by atoms with Gasteiger partial charge in [0, 0.05) is 11.6 Å². The summed E-state index contributed by atoms with van der Waals surface area (Å²) in [6, 6.07) is 5.02. The fraction of sp³-hybridized carbons (Fsp3) is 0.400. The van der Waals surface area contributed by atoms with E-state index in [0.29, 0.717) is 30.3 Å². The summed E-state index contributed by atoms with van der Waals surface area (Å²) in [5.74, 6) is 0.929. The van der Waals surface area contributed by atoms with Crippen molar-refractivity contribution in [1.29, 1.82) is 0 Å². The van der Waals surface area contributed by atoms with E-state index in [9.17, 15) is 4.79 Å². The van der Waals surface area contributed by atoms with Crippen molar-refractivity contribution in [3.63, 3.8) is 0 Å². The van der Waals surface area contributed by atoms with Crippen LogP contribution in [0.25, 0.3) is 0 Å².